The highest BCUT2D eigenvalue weighted by Crippen LogP contribution is 2.35. The van der Waals surface area contributed by atoms with Crippen LogP contribution in [0.1, 0.15) is 37.4 Å². The number of para-hydroxylation sites is 1. The van der Waals surface area contributed by atoms with Crippen LogP contribution in [0.25, 0.3) is 11.3 Å². The molecule has 1 aromatic heterocycles. The number of amides is 2. The Kier molecular flexibility index (Phi) is 5.26. The van der Waals surface area contributed by atoms with Gasteiger partial charge in [-0.15, -0.1) is 0 Å². The third-order valence-corrected chi connectivity index (χ3v) is 6.14. The summed E-state index contributed by atoms with van der Waals surface area (Å²) in [6.45, 7) is 4.37. The second kappa shape index (κ2) is 8.39. The number of hydrogen-bond acceptors (Lipinski definition) is 3. The predicted molar refractivity (Wildman–Crippen MR) is 130 cm³/mol. The highest BCUT2D eigenvalue weighted by atomic mass is 16.2. The van der Waals surface area contributed by atoms with Gasteiger partial charge in [-0.1, -0.05) is 36.4 Å². The maximum Gasteiger partial charge on any atom is 0.258 e. The molecule has 2 heterocycles. The Labute approximate surface area is 192 Å². The van der Waals surface area contributed by atoms with E-state index >= 15 is 0 Å². The van der Waals surface area contributed by atoms with Crippen molar-refractivity contribution in [3.63, 3.8) is 0 Å². The maximum atomic E-state index is 13.6. The van der Waals surface area contributed by atoms with Crippen molar-refractivity contribution in [1.29, 1.82) is 0 Å². The Balaban J connectivity index is 1.42. The molecule has 6 nitrogen and oxygen atoms in total. The first-order valence-corrected chi connectivity index (χ1v) is 10.9. The van der Waals surface area contributed by atoms with Gasteiger partial charge >= 0.3 is 0 Å². The summed E-state index contributed by atoms with van der Waals surface area (Å²) in [7, 11) is 0. The van der Waals surface area contributed by atoms with Crippen LogP contribution in [0.3, 0.4) is 0 Å². The van der Waals surface area contributed by atoms with E-state index in [9.17, 15) is 9.59 Å². The minimum Gasteiger partial charge on any atom is -0.322 e. The molecule has 2 N–H and O–H groups in total. The Hall–Kier alpha value is -4.19. The zero-order valence-electron chi connectivity index (χ0n) is 18.6. The molecule has 33 heavy (non-hydrogen) atoms. The average molecular weight is 437 g/mol. The number of hydrogen-bond donors (Lipinski definition) is 2. The van der Waals surface area contributed by atoms with Gasteiger partial charge in [0.25, 0.3) is 11.8 Å². The predicted octanol–water partition coefficient (Wildman–Crippen LogP) is 5.15. The van der Waals surface area contributed by atoms with Gasteiger partial charge in [-0.25, -0.2) is 0 Å². The number of nitrogens with zero attached hydrogens (tertiary/aromatic N) is 2. The number of aryl methyl sites for hydroxylation is 2. The van der Waals surface area contributed by atoms with Crippen LogP contribution in [0.5, 0.6) is 0 Å². The molecule has 0 aliphatic carbocycles. The Morgan fingerprint density at radius 3 is 2.55 bits per heavy atom. The van der Waals surface area contributed by atoms with Gasteiger partial charge in [-0.05, 0) is 67.3 Å². The van der Waals surface area contributed by atoms with Gasteiger partial charge in [0, 0.05) is 28.9 Å². The molecule has 1 aliphatic heterocycles. The van der Waals surface area contributed by atoms with Gasteiger partial charge in [-0.3, -0.25) is 14.7 Å². The molecule has 0 saturated heterocycles. The van der Waals surface area contributed by atoms with Crippen LogP contribution >= 0.6 is 0 Å². The van der Waals surface area contributed by atoms with Crippen LogP contribution in [0, 0.1) is 13.8 Å². The van der Waals surface area contributed by atoms with Crippen molar-refractivity contribution in [1.82, 2.24) is 10.2 Å². The minimum absolute atomic E-state index is 0.0603. The lowest BCUT2D eigenvalue weighted by Crippen LogP contribution is -2.33. The molecule has 0 spiro atoms. The molecule has 1 aliphatic rings. The molecule has 0 atom stereocenters. The third kappa shape index (κ3) is 3.80. The molecule has 2 amide bonds. The number of fused-ring (bicyclic) bond motifs is 3. The van der Waals surface area contributed by atoms with Crippen molar-refractivity contribution in [3.8, 4) is 11.3 Å². The zero-order valence-corrected chi connectivity index (χ0v) is 18.6. The standard InChI is InChI=1S/C27H24N4O2/c1-17-7-3-4-8-21(17)26(32)29-20-11-12-22(18(2)15-20)27(33)31-14-13-19-16-28-30-25(19)23-9-5-6-10-24(23)31/h3-12,15-16H,13-14H2,1-2H3,(H,28,30)(H,29,32). The van der Waals surface area contributed by atoms with E-state index in [-0.39, 0.29) is 11.8 Å². The second-order valence-electron chi connectivity index (χ2n) is 8.29. The Morgan fingerprint density at radius 2 is 1.73 bits per heavy atom. The van der Waals surface area contributed by atoms with E-state index in [1.54, 1.807) is 18.2 Å². The quantitative estimate of drug-likeness (QED) is 0.466. The second-order valence-corrected chi connectivity index (χ2v) is 8.29. The summed E-state index contributed by atoms with van der Waals surface area (Å²) in [5.41, 5.74) is 7.53. The number of benzene rings is 3. The summed E-state index contributed by atoms with van der Waals surface area (Å²) < 4.78 is 0. The van der Waals surface area contributed by atoms with E-state index in [0.717, 1.165) is 40.1 Å². The lowest BCUT2D eigenvalue weighted by molar-refractivity contribution is 0.0985. The summed E-state index contributed by atoms with van der Waals surface area (Å²) in [6.07, 6.45) is 2.55. The van der Waals surface area contributed by atoms with Crippen LogP contribution in [0.15, 0.2) is 72.9 Å². The lowest BCUT2D eigenvalue weighted by Gasteiger charge is -2.24. The molecule has 0 fully saturated rings. The number of aromatic amines is 1. The first-order chi connectivity index (χ1) is 16.0. The van der Waals surface area contributed by atoms with Crippen molar-refractivity contribution >= 4 is 23.2 Å². The number of carbonyl (C=O) groups excluding carboxylic acids is 2. The molecular weight excluding hydrogens is 412 g/mol. The fourth-order valence-electron chi connectivity index (χ4n) is 4.37. The van der Waals surface area contributed by atoms with Gasteiger partial charge in [-0.2, -0.15) is 5.10 Å². The number of anilines is 2. The average Bonchev–Trinajstić information content (AvgIpc) is 3.22. The van der Waals surface area contributed by atoms with E-state index < -0.39 is 0 Å². The third-order valence-electron chi connectivity index (χ3n) is 6.14. The summed E-state index contributed by atoms with van der Waals surface area (Å²) in [4.78, 5) is 28.1. The number of aromatic nitrogens is 2. The van der Waals surface area contributed by atoms with E-state index in [2.05, 4.69) is 15.5 Å². The van der Waals surface area contributed by atoms with Crippen molar-refractivity contribution in [2.75, 3.05) is 16.8 Å². The highest BCUT2D eigenvalue weighted by Gasteiger charge is 2.26. The molecule has 0 saturated carbocycles. The van der Waals surface area contributed by atoms with E-state index in [4.69, 9.17) is 0 Å². The van der Waals surface area contributed by atoms with Gasteiger partial charge in [0.2, 0.25) is 0 Å². The molecule has 0 unspecified atom stereocenters. The van der Waals surface area contributed by atoms with E-state index in [1.165, 1.54) is 0 Å². The number of carbonyl (C=O) groups is 2. The Morgan fingerprint density at radius 1 is 0.939 bits per heavy atom. The SMILES string of the molecule is Cc1ccccc1C(=O)Nc1ccc(C(=O)N2CCc3cn[nH]c3-c3ccccc32)c(C)c1. The molecule has 5 rings (SSSR count). The zero-order chi connectivity index (χ0) is 22.9. The Bertz CT molecular complexity index is 1370. The monoisotopic (exact) mass is 436 g/mol. The van der Waals surface area contributed by atoms with Crippen LogP contribution in [0.4, 0.5) is 11.4 Å². The molecule has 164 valence electrons. The maximum absolute atomic E-state index is 13.6. The lowest BCUT2D eigenvalue weighted by atomic mass is 10.0. The summed E-state index contributed by atoms with van der Waals surface area (Å²) in [5.74, 6) is -0.224. The fourth-order valence-corrected chi connectivity index (χ4v) is 4.37. The summed E-state index contributed by atoms with van der Waals surface area (Å²) in [5, 5.41) is 10.2. The van der Waals surface area contributed by atoms with Crippen molar-refractivity contribution in [3.05, 3.63) is 101 Å². The van der Waals surface area contributed by atoms with Gasteiger partial charge in [0.05, 0.1) is 17.6 Å². The van der Waals surface area contributed by atoms with Crippen LogP contribution in [-0.4, -0.2) is 28.6 Å². The number of H-pyrrole nitrogens is 1. The largest absolute Gasteiger partial charge is 0.322 e. The smallest absolute Gasteiger partial charge is 0.258 e. The first-order valence-electron chi connectivity index (χ1n) is 10.9. The van der Waals surface area contributed by atoms with Crippen LogP contribution < -0.4 is 10.2 Å². The first kappa shape index (κ1) is 20.7. The van der Waals surface area contributed by atoms with Crippen molar-refractivity contribution in [2.45, 2.75) is 20.3 Å². The molecule has 0 bridgehead atoms. The summed E-state index contributed by atoms with van der Waals surface area (Å²) >= 11 is 0. The molecular formula is C27H24N4O2. The van der Waals surface area contributed by atoms with E-state index in [0.29, 0.717) is 23.4 Å². The topological polar surface area (TPSA) is 78.1 Å². The fraction of sp³-hybridized carbons (Fsp3) is 0.148. The molecule has 4 aromatic rings. The van der Waals surface area contributed by atoms with Crippen molar-refractivity contribution < 1.29 is 9.59 Å². The highest BCUT2D eigenvalue weighted by molar-refractivity contribution is 6.10. The number of nitrogens with one attached hydrogen (secondary N) is 2. The van der Waals surface area contributed by atoms with Crippen LogP contribution in [0.2, 0.25) is 0 Å². The minimum atomic E-state index is -0.164. The number of rotatable bonds is 3. The van der Waals surface area contributed by atoms with Gasteiger partial charge in [0.1, 0.15) is 0 Å². The molecule has 0 radical (unpaired) electrons. The summed E-state index contributed by atoms with van der Waals surface area (Å²) in [6, 6.07) is 20.8. The molecule has 6 heteroatoms. The van der Waals surface area contributed by atoms with Gasteiger partial charge in [0.15, 0.2) is 0 Å². The van der Waals surface area contributed by atoms with Gasteiger partial charge < -0.3 is 10.2 Å². The van der Waals surface area contributed by atoms with E-state index in [1.807, 2.05) is 73.5 Å². The van der Waals surface area contributed by atoms with Crippen LogP contribution in [-0.2, 0) is 6.42 Å². The molecule has 3 aromatic carbocycles. The van der Waals surface area contributed by atoms with Crippen molar-refractivity contribution in [2.24, 2.45) is 0 Å². The normalized spacial score (nSPS) is 12.5.